The van der Waals surface area contributed by atoms with Gasteiger partial charge in [-0.15, -0.1) is 0 Å². The van der Waals surface area contributed by atoms with Gasteiger partial charge >= 0.3 is 17.9 Å². The Balaban J connectivity index is 4.42. The first-order valence-corrected chi connectivity index (χ1v) is 22.1. The van der Waals surface area contributed by atoms with Crippen molar-refractivity contribution in [2.24, 2.45) is 0 Å². The fraction of sp³-hybridized carbons (Fsp3) is 0.766. The van der Waals surface area contributed by atoms with Crippen LogP contribution in [0.5, 0.6) is 0 Å². The van der Waals surface area contributed by atoms with Gasteiger partial charge < -0.3 is 14.2 Å². The van der Waals surface area contributed by atoms with E-state index in [0.29, 0.717) is 25.7 Å². The van der Waals surface area contributed by atoms with E-state index >= 15 is 0 Å². The van der Waals surface area contributed by atoms with E-state index in [9.17, 15) is 14.4 Å². The molecule has 0 amide bonds. The Morgan fingerprint density at radius 3 is 1.28 bits per heavy atom. The third-order valence-electron chi connectivity index (χ3n) is 9.32. The van der Waals surface area contributed by atoms with E-state index in [0.717, 1.165) is 64.2 Å². The second-order valence-corrected chi connectivity index (χ2v) is 14.6. The van der Waals surface area contributed by atoms with Gasteiger partial charge in [0.15, 0.2) is 6.10 Å². The zero-order valence-corrected chi connectivity index (χ0v) is 34.8. The molecule has 0 aliphatic carbocycles. The number of unbranched alkanes of at least 4 members (excludes halogenated alkanes) is 20. The first-order valence-electron chi connectivity index (χ1n) is 22.1. The zero-order valence-electron chi connectivity index (χ0n) is 34.8. The van der Waals surface area contributed by atoms with Gasteiger partial charge in [0.1, 0.15) is 13.2 Å². The fourth-order valence-corrected chi connectivity index (χ4v) is 5.99. The molecule has 0 heterocycles. The molecule has 0 rings (SSSR count). The predicted molar refractivity (Wildman–Crippen MR) is 224 cm³/mol. The third-order valence-corrected chi connectivity index (χ3v) is 9.32. The first kappa shape index (κ1) is 50.4. The van der Waals surface area contributed by atoms with E-state index in [4.69, 9.17) is 14.2 Å². The lowest BCUT2D eigenvalue weighted by atomic mass is 10.0. The molecule has 0 aromatic carbocycles. The van der Waals surface area contributed by atoms with Crippen LogP contribution in [-0.2, 0) is 28.6 Å². The fourth-order valence-electron chi connectivity index (χ4n) is 5.99. The monoisotopic (exact) mass is 743 g/mol. The van der Waals surface area contributed by atoms with Crippen LogP contribution in [0.2, 0.25) is 0 Å². The van der Waals surface area contributed by atoms with Gasteiger partial charge in [-0.05, 0) is 70.6 Å². The molecule has 0 aliphatic heterocycles. The Hall–Kier alpha value is -2.63. The van der Waals surface area contributed by atoms with Gasteiger partial charge in [0.05, 0.1) is 0 Å². The minimum Gasteiger partial charge on any atom is -0.462 e. The summed E-state index contributed by atoms with van der Waals surface area (Å²) in [7, 11) is 0. The van der Waals surface area contributed by atoms with Crippen molar-refractivity contribution < 1.29 is 28.6 Å². The average molecular weight is 743 g/mol. The molecule has 0 spiro atoms. The van der Waals surface area contributed by atoms with Crippen molar-refractivity contribution in [1.29, 1.82) is 0 Å². The molecule has 0 N–H and O–H groups in total. The number of allylic oxidation sites excluding steroid dienone is 8. The van der Waals surface area contributed by atoms with Gasteiger partial charge in [0, 0.05) is 19.3 Å². The van der Waals surface area contributed by atoms with E-state index < -0.39 is 6.10 Å². The normalized spacial score (nSPS) is 12.4. The largest absolute Gasteiger partial charge is 0.462 e. The molecule has 0 fully saturated rings. The summed E-state index contributed by atoms with van der Waals surface area (Å²) in [4.78, 5) is 37.6. The number of hydrogen-bond acceptors (Lipinski definition) is 6. The van der Waals surface area contributed by atoms with E-state index in [1.54, 1.807) is 0 Å². The highest BCUT2D eigenvalue weighted by atomic mass is 16.6. The number of carbonyl (C=O) groups is 3. The molecule has 1 unspecified atom stereocenters. The highest BCUT2D eigenvalue weighted by Gasteiger charge is 2.19. The molecule has 0 saturated heterocycles. The molecule has 0 radical (unpaired) electrons. The summed E-state index contributed by atoms with van der Waals surface area (Å²) in [5.41, 5.74) is 0. The van der Waals surface area contributed by atoms with Crippen molar-refractivity contribution in [3.05, 3.63) is 48.6 Å². The van der Waals surface area contributed by atoms with Gasteiger partial charge in [-0.25, -0.2) is 0 Å². The molecule has 306 valence electrons. The lowest BCUT2D eigenvalue weighted by Crippen LogP contribution is -2.30. The zero-order chi connectivity index (χ0) is 38.7. The molecule has 0 aromatic rings. The summed E-state index contributed by atoms with van der Waals surface area (Å²) in [6.07, 6.45) is 48.2. The lowest BCUT2D eigenvalue weighted by molar-refractivity contribution is -0.167. The standard InChI is InChI=1S/C47H82O6/c1-4-7-10-13-16-19-21-23-24-26-28-31-34-37-40-46(49)52-43-44(42-51-45(48)39-36-33-30-27-18-15-12-9-6-3)53-47(50)41-38-35-32-29-25-22-20-17-14-11-8-5-2/h8,11,17,20,25,27,29-30,44H,4-7,9-10,12-16,18-19,21-24,26,28,31-43H2,1-3H3/b11-8-,20-17-,29-25-,30-27-. The lowest BCUT2D eigenvalue weighted by Gasteiger charge is -2.18. The van der Waals surface area contributed by atoms with Crippen LogP contribution in [-0.4, -0.2) is 37.2 Å². The molecule has 6 nitrogen and oxygen atoms in total. The second-order valence-electron chi connectivity index (χ2n) is 14.6. The summed E-state index contributed by atoms with van der Waals surface area (Å²) in [6.45, 7) is 6.41. The van der Waals surface area contributed by atoms with E-state index in [2.05, 4.69) is 69.4 Å². The van der Waals surface area contributed by atoms with Crippen molar-refractivity contribution in [3.63, 3.8) is 0 Å². The highest BCUT2D eigenvalue weighted by molar-refractivity contribution is 5.71. The minimum absolute atomic E-state index is 0.0955. The number of rotatable bonds is 39. The summed E-state index contributed by atoms with van der Waals surface area (Å²) >= 11 is 0. The molecular formula is C47H82O6. The van der Waals surface area contributed by atoms with Crippen molar-refractivity contribution in [3.8, 4) is 0 Å². The van der Waals surface area contributed by atoms with Crippen LogP contribution in [0.1, 0.15) is 213 Å². The van der Waals surface area contributed by atoms with Crippen molar-refractivity contribution >= 4 is 17.9 Å². The highest BCUT2D eigenvalue weighted by Crippen LogP contribution is 2.14. The number of esters is 3. The minimum atomic E-state index is -0.798. The smallest absolute Gasteiger partial charge is 0.306 e. The van der Waals surface area contributed by atoms with Crippen LogP contribution in [0.25, 0.3) is 0 Å². The van der Waals surface area contributed by atoms with Crippen LogP contribution in [0.3, 0.4) is 0 Å². The van der Waals surface area contributed by atoms with Crippen LogP contribution < -0.4 is 0 Å². The van der Waals surface area contributed by atoms with Crippen molar-refractivity contribution in [2.75, 3.05) is 13.2 Å². The number of carbonyl (C=O) groups excluding carboxylic acids is 3. The van der Waals surface area contributed by atoms with Crippen LogP contribution in [0.4, 0.5) is 0 Å². The van der Waals surface area contributed by atoms with Crippen LogP contribution >= 0.6 is 0 Å². The Labute approximate surface area is 327 Å². The summed E-state index contributed by atoms with van der Waals surface area (Å²) in [5, 5.41) is 0. The molecule has 0 saturated carbocycles. The first-order chi connectivity index (χ1) is 26.0. The van der Waals surface area contributed by atoms with Gasteiger partial charge in [0.25, 0.3) is 0 Å². The third kappa shape index (κ3) is 40.4. The Kier molecular flexibility index (Phi) is 40.0. The molecular weight excluding hydrogens is 661 g/mol. The molecule has 6 heteroatoms. The van der Waals surface area contributed by atoms with E-state index in [1.807, 2.05) is 0 Å². The maximum Gasteiger partial charge on any atom is 0.306 e. The summed E-state index contributed by atoms with van der Waals surface area (Å²) in [6, 6.07) is 0. The quantitative estimate of drug-likeness (QED) is 0.0270. The average Bonchev–Trinajstić information content (AvgIpc) is 3.15. The second kappa shape index (κ2) is 42.1. The van der Waals surface area contributed by atoms with Gasteiger partial charge in [-0.1, -0.05) is 172 Å². The summed E-state index contributed by atoms with van der Waals surface area (Å²) < 4.78 is 16.6. The molecule has 53 heavy (non-hydrogen) atoms. The molecule has 1 atom stereocenters. The maximum absolute atomic E-state index is 12.7. The van der Waals surface area contributed by atoms with Crippen LogP contribution in [0, 0.1) is 0 Å². The Morgan fingerprint density at radius 1 is 0.396 bits per heavy atom. The van der Waals surface area contributed by atoms with E-state index in [1.165, 1.54) is 96.3 Å². The molecule has 0 aromatic heterocycles. The van der Waals surface area contributed by atoms with Gasteiger partial charge in [0.2, 0.25) is 0 Å². The Bertz CT molecular complexity index is 949. The molecule has 0 bridgehead atoms. The number of hydrogen-bond donors (Lipinski definition) is 0. The molecule has 0 aliphatic rings. The van der Waals surface area contributed by atoms with Crippen LogP contribution in [0.15, 0.2) is 48.6 Å². The summed E-state index contributed by atoms with van der Waals surface area (Å²) in [5.74, 6) is -0.975. The Morgan fingerprint density at radius 2 is 0.755 bits per heavy atom. The topological polar surface area (TPSA) is 78.9 Å². The van der Waals surface area contributed by atoms with Gasteiger partial charge in [-0.2, -0.15) is 0 Å². The number of ether oxygens (including phenoxy) is 3. The predicted octanol–water partition coefficient (Wildman–Crippen LogP) is 14.0. The van der Waals surface area contributed by atoms with Gasteiger partial charge in [-0.3, -0.25) is 14.4 Å². The SMILES string of the molecule is CC/C=C\C/C=C\C/C=C\CCCCC(=O)OC(COC(=O)CCC/C=C\CCCCCC)COC(=O)CCCCCCCCCCCCCCCC. The van der Waals surface area contributed by atoms with E-state index in [-0.39, 0.29) is 37.5 Å². The van der Waals surface area contributed by atoms with Crippen molar-refractivity contribution in [1.82, 2.24) is 0 Å². The van der Waals surface area contributed by atoms with Crippen molar-refractivity contribution in [2.45, 2.75) is 219 Å². The maximum atomic E-state index is 12.7.